The van der Waals surface area contributed by atoms with Gasteiger partial charge < -0.3 is 24.6 Å². The fraction of sp³-hybridized carbons (Fsp3) is 0.320. The van der Waals surface area contributed by atoms with Crippen LogP contribution in [0, 0.1) is 0 Å². The van der Waals surface area contributed by atoms with E-state index in [9.17, 15) is 18.4 Å². The third kappa shape index (κ3) is 10.7. The Labute approximate surface area is 224 Å². The van der Waals surface area contributed by atoms with Crippen LogP contribution in [0.2, 0.25) is 5.02 Å². The van der Waals surface area contributed by atoms with Crippen molar-refractivity contribution in [2.75, 3.05) is 33.4 Å². The lowest BCUT2D eigenvalue weighted by Crippen LogP contribution is -2.46. The number of rotatable bonds is 14. The minimum absolute atomic E-state index is 0.0265. The summed E-state index contributed by atoms with van der Waals surface area (Å²) in [5, 5.41) is 17.0. The molecule has 0 aliphatic heterocycles. The van der Waals surface area contributed by atoms with Crippen molar-refractivity contribution in [2.45, 2.75) is 19.6 Å². The quantitative estimate of drug-likeness (QED) is 0.120. The number of ether oxygens (including phenoxy) is 3. The first kappa shape index (κ1) is 30.5. The van der Waals surface area contributed by atoms with Crippen molar-refractivity contribution in [1.82, 2.24) is 15.2 Å². The lowest BCUT2D eigenvalue weighted by molar-refractivity contribution is -0.159. The molecule has 0 bridgehead atoms. The molecule has 2 aromatic carbocycles. The fourth-order valence-corrected chi connectivity index (χ4v) is 3.11. The van der Waals surface area contributed by atoms with Gasteiger partial charge >= 0.3 is 12.1 Å². The number of halogens is 3. The number of amides is 3. The molecular weight excluding hydrogens is 526 g/mol. The minimum atomic E-state index is -3.37. The van der Waals surface area contributed by atoms with Gasteiger partial charge in [-0.15, -0.1) is 5.10 Å². The lowest BCUT2D eigenvalue weighted by Gasteiger charge is -2.25. The van der Waals surface area contributed by atoms with Crippen molar-refractivity contribution in [3.8, 4) is 11.5 Å². The highest BCUT2D eigenvalue weighted by molar-refractivity contribution is 6.30. The summed E-state index contributed by atoms with van der Waals surface area (Å²) in [4.78, 5) is 26.9. The number of aliphatic hydroxyl groups excluding tert-OH is 1. The van der Waals surface area contributed by atoms with Gasteiger partial charge in [-0.1, -0.05) is 36.4 Å². The van der Waals surface area contributed by atoms with E-state index < -0.39 is 18.0 Å². The van der Waals surface area contributed by atoms with Crippen molar-refractivity contribution in [3.63, 3.8) is 0 Å². The standard InChI is InChI=1S/C25H29ClF2N4O6/c1-18(29-16-19-6-4-7-20(26)14-19)23(34)32(10-12-36-13-11-33)24(35)31(3)30-17-37-21-8-5-9-22(15-21)38-25(2,27)28/h4-9,14-15,17,29,33H,1,10-13,16H2,2-3H3/b30-17+. The van der Waals surface area contributed by atoms with Crippen LogP contribution in [0.25, 0.3) is 0 Å². The highest BCUT2D eigenvalue weighted by Crippen LogP contribution is 2.24. The maximum absolute atomic E-state index is 13.1. The molecular formula is C25H29ClF2N4O6. The van der Waals surface area contributed by atoms with Gasteiger partial charge in [0.15, 0.2) is 6.40 Å². The van der Waals surface area contributed by atoms with E-state index >= 15 is 0 Å². The Hall–Kier alpha value is -3.74. The van der Waals surface area contributed by atoms with Crippen LogP contribution in [0.4, 0.5) is 13.6 Å². The lowest BCUT2D eigenvalue weighted by atomic mass is 10.2. The molecule has 10 nitrogen and oxygen atoms in total. The first-order chi connectivity index (χ1) is 18.0. The second-order valence-electron chi connectivity index (χ2n) is 7.78. The molecule has 206 valence electrons. The minimum Gasteiger partial charge on any atom is -0.444 e. The number of alkyl halides is 2. The number of carbonyl (C=O) groups is 2. The molecule has 0 saturated heterocycles. The number of hydrogen-bond acceptors (Lipinski definition) is 8. The fourth-order valence-electron chi connectivity index (χ4n) is 2.90. The number of carbonyl (C=O) groups excluding carboxylic acids is 2. The number of hydrogen-bond donors (Lipinski definition) is 2. The van der Waals surface area contributed by atoms with Crippen molar-refractivity contribution in [3.05, 3.63) is 71.4 Å². The van der Waals surface area contributed by atoms with Crippen LogP contribution < -0.4 is 14.8 Å². The van der Waals surface area contributed by atoms with E-state index in [0.717, 1.165) is 21.9 Å². The Morgan fingerprint density at radius 2 is 1.89 bits per heavy atom. The zero-order valence-corrected chi connectivity index (χ0v) is 21.7. The van der Waals surface area contributed by atoms with Crippen molar-refractivity contribution >= 4 is 29.9 Å². The molecule has 2 rings (SSSR count). The number of urea groups is 1. The summed E-state index contributed by atoms with van der Waals surface area (Å²) >= 11 is 5.98. The van der Waals surface area contributed by atoms with Crippen LogP contribution >= 0.6 is 11.6 Å². The second kappa shape index (κ2) is 14.9. The van der Waals surface area contributed by atoms with Crippen LogP contribution in [0.3, 0.4) is 0 Å². The molecule has 13 heteroatoms. The topological polar surface area (TPSA) is 113 Å². The van der Waals surface area contributed by atoms with E-state index in [4.69, 9.17) is 26.2 Å². The van der Waals surface area contributed by atoms with Gasteiger partial charge in [0.2, 0.25) is 0 Å². The molecule has 0 saturated carbocycles. The molecule has 0 fully saturated rings. The van der Waals surface area contributed by atoms with E-state index in [1.54, 1.807) is 24.3 Å². The van der Waals surface area contributed by atoms with Crippen LogP contribution in [-0.2, 0) is 16.1 Å². The monoisotopic (exact) mass is 554 g/mol. The smallest absolute Gasteiger partial charge is 0.394 e. The molecule has 0 radical (unpaired) electrons. The SMILES string of the molecule is C=C(NCc1cccc(Cl)c1)C(=O)N(CCOCCO)C(=O)N(C)/N=C/Oc1cccc(OC(C)(F)F)c1. The average molecular weight is 555 g/mol. The molecule has 3 amide bonds. The van der Waals surface area contributed by atoms with Crippen molar-refractivity contribution in [1.29, 1.82) is 0 Å². The zero-order valence-electron chi connectivity index (χ0n) is 20.9. The van der Waals surface area contributed by atoms with E-state index in [2.05, 4.69) is 21.7 Å². The van der Waals surface area contributed by atoms with Gasteiger partial charge in [0, 0.05) is 31.6 Å². The predicted octanol–water partition coefficient (Wildman–Crippen LogP) is 3.85. The Kier molecular flexibility index (Phi) is 11.9. The van der Waals surface area contributed by atoms with Gasteiger partial charge in [-0.25, -0.2) is 9.80 Å². The molecule has 2 aromatic rings. The molecule has 0 spiro atoms. The first-order valence-electron chi connectivity index (χ1n) is 11.3. The van der Waals surface area contributed by atoms with E-state index in [0.29, 0.717) is 11.9 Å². The highest BCUT2D eigenvalue weighted by Gasteiger charge is 2.26. The summed E-state index contributed by atoms with van der Waals surface area (Å²) in [6.45, 7) is 4.17. The molecule has 0 unspecified atom stereocenters. The van der Waals surface area contributed by atoms with Gasteiger partial charge in [0.1, 0.15) is 11.5 Å². The summed E-state index contributed by atoms with van der Waals surface area (Å²) in [5.74, 6) is -0.727. The predicted molar refractivity (Wildman–Crippen MR) is 137 cm³/mol. The Morgan fingerprint density at radius 3 is 2.58 bits per heavy atom. The number of nitrogens with one attached hydrogen (secondary N) is 1. The van der Waals surface area contributed by atoms with Gasteiger partial charge in [-0.05, 0) is 29.8 Å². The maximum atomic E-state index is 13.1. The molecule has 0 aliphatic rings. The summed E-state index contributed by atoms with van der Waals surface area (Å²) < 4.78 is 41.1. The molecule has 2 N–H and O–H groups in total. The van der Waals surface area contributed by atoms with E-state index in [1.165, 1.54) is 31.3 Å². The normalized spacial score (nSPS) is 11.2. The third-order valence-corrected chi connectivity index (χ3v) is 4.85. The summed E-state index contributed by atoms with van der Waals surface area (Å²) in [5.41, 5.74) is 0.741. The van der Waals surface area contributed by atoms with Crippen molar-refractivity contribution < 1.29 is 37.7 Å². The van der Waals surface area contributed by atoms with Gasteiger partial charge in [-0.2, -0.15) is 8.78 Å². The van der Waals surface area contributed by atoms with Gasteiger partial charge in [-0.3, -0.25) is 9.69 Å². The maximum Gasteiger partial charge on any atom is 0.394 e. The first-order valence-corrected chi connectivity index (χ1v) is 11.7. The number of hydrazone groups is 1. The number of imide groups is 1. The van der Waals surface area contributed by atoms with E-state index in [1.807, 2.05) is 0 Å². The Bertz CT molecular complexity index is 1130. The van der Waals surface area contributed by atoms with Gasteiger partial charge in [0.05, 0.1) is 32.1 Å². The van der Waals surface area contributed by atoms with Crippen LogP contribution in [0.5, 0.6) is 11.5 Å². The number of nitrogens with zero attached hydrogens (tertiary/aromatic N) is 3. The molecule has 0 atom stereocenters. The number of aliphatic hydroxyl groups is 1. The highest BCUT2D eigenvalue weighted by atomic mass is 35.5. The van der Waals surface area contributed by atoms with Crippen molar-refractivity contribution in [2.24, 2.45) is 5.10 Å². The Balaban J connectivity index is 2.04. The van der Waals surface area contributed by atoms with E-state index in [-0.39, 0.29) is 50.1 Å². The van der Waals surface area contributed by atoms with Crippen LogP contribution in [0.1, 0.15) is 12.5 Å². The molecule has 0 aromatic heterocycles. The molecule has 0 aliphatic carbocycles. The summed E-state index contributed by atoms with van der Waals surface area (Å²) in [6.07, 6.45) is -2.47. The summed E-state index contributed by atoms with van der Waals surface area (Å²) in [7, 11) is 1.29. The summed E-state index contributed by atoms with van der Waals surface area (Å²) in [6, 6.07) is 11.6. The molecule has 0 heterocycles. The molecule has 38 heavy (non-hydrogen) atoms. The van der Waals surface area contributed by atoms with Crippen LogP contribution in [0.15, 0.2) is 65.9 Å². The van der Waals surface area contributed by atoms with Gasteiger partial charge in [0.25, 0.3) is 5.91 Å². The number of benzene rings is 2. The third-order valence-electron chi connectivity index (χ3n) is 4.61. The zero-order chi connectivity index (χ0) is 28.1. The average Bonchev–Trinajstić information content (AvgIpc) is 2.86. The van der Waals surface area contributed by atoms with Crippen LogP contribution in [-0.4, -0.2) is 72.9 Å². The Morgan fingerprint density at radius 1 is 1.18 bits per heavy atom. The second-order valence-corrected chi connectivity index (χ2v) is 8.22. The largest absolute Gasteiger partial charge is 0.444 e.